The van der Waals surface area contributed by atoms with Crippen LogP contribution in [-0.2, 0) is 4.79 Å². The summed E-state index contributed by atoms with van der Waals surface area (Å²) >= 11 is 0. The highest BCUT2D eigenvalue weighted by atomic mass is 16.2. The number of nitrogens with zero attached hydrogens (tertiary/aromatic N) is 4. The van der Waals surface area contributed by atoms with Gasteiger partial charge in [-0.2, -0.15) is 0 Å². The van der Waals surface area contributed by atoms with Gasteiger partial charge in [-0.15, -0.1) is 0 Å². The van der Waals surface area contributed by atoms with Crippen molar-refractivity contribution in [3.8, 4) is 11.3 Å². The zero-order valence-corrected chi connectivity index (χ0v) is 17.1. The van der Waals surface area contributed by atoms with Crippen LogP contribution >= 0.6 is 0 Å². The molecule has 30 heavy (non-hydrogen) atoms. The van der Waals surface area contributed by atoms with E-state index >= 15 is 0 Å². The second-order valence-electron chi connectivity index (χ2n) is 8.32. The van der Waals surface area contributed by atoms with E-state index in [1.54, 1.807) is 0 Å². The molecule has 0 spiro atoms. The molecule has 1 aromatic heterocycles. The van der Waals surface area contributed by atoms with Crippen LogP contribution in [0.5, 0.6) is 0 Å². The molecular formula is C24H27N5O. The van der Waals surface area contributed by atoms with Crippen molar-refractivity contribution in [1.29, 1.82) is 0 Å². The van der Waals surface area contributed by atoms with Crippen molar-refractivity contribution in [2.24, 2.45) is 5.92 Å². The van der Waals surface area contributed by atoms with Crippen LogP contribution < -0.4 is 10.2 Å². The summed E-state index contributed by atoms with van der Waals surface area (Å²) in [6.45, 7) is 5.21. The monoisotopic (exact) mass is 401 g/mol. The third-order valence-electron chi connectivity index (χ3n) is 6.22. The fraction of sp³-hybridized carbons (Fsp3) is 0.375. The summed E-state index contributed by atoms with van der Waals surface area (Å²) < 4.78 is 0. The average Bonchev–Trinajstić information content (AvgIpc) is 2.79. The van der Waals surface area contributed by atoms with Gasteiger partial charge in [0.25, 0.3) is 0 Å². The quantitative estimate of drug-likeness (QED) is 0.728. The Morgan fingerprint density at radius 1 is 1.00 bits per heavy atom. The summed E-state index contributed by atoms with van der Waals surface area (Å²) in [4.78, 5) is 25.6. The van der Waals surface area contributed by atoms with Gasteiger partial charge in [0.2, 0.25) is 11.9 Å². The Balaban J connectivity index is 1.25. The number of aromatic nitrogens is 2. The Bertz CT molecular complexity index is 1040. The van der Waals surface area contributed by atoms with Crippen molar-refractivity contribution < 1.29 is 4.79 Å². The molecule has 5 rings (SSSR count). The topological polar surface area (TPSA) is 61.4 Å². The van der Waals surface area contributed by atoms with Crippen molar-refractivity contribution >= 4 is 22.6 Å². The van der Waals surface area contributed by atoms with Gasteiger partial charge >= 0.3 is 0 Å². The van der Waals surface area contributed by atoms with Gasteiger partial charge in [-0.3, -0.25) is 9.69 Å². The molecule has 0 aliphatic carbocycles. The molecular weight excluding hydrogens is 374 g/mol. The smallest absolute Gasteiger partial charge is 0.234 e. The Kier molecular flexibility index (Phi) is 5.32. The van der Waals surface area contributed by atoms with Crippen molar-refractivity contribution in [3.05, 3.63) is 54.7 Å². The summed E-state index contributed by atoms with van der Waals surface area (Å²) in [5, 5.41) is 5.36. The molecule has 0 atom stereocenters. The van der Waals surface area contributed by atoms with Gasteiger partial charge < -0.3 is 10.2 Å². The molecule has 2 fully saturated rings. The lowest BCUT2D eigenvalue weighted by atomic mass is 9.96. The largest absolute Gasteiger partial charge is 0.354 e. The van der Waals surface area contributed by atoms with Gasteiger partial charge in [0.05, 0.1) is 12.2 Å². The van der Waals surface area contributed by atoms with Crippen molar-refractivity contribution in [2.45, 2.75) is 12.8 Å². The van der Waals surface area contributed by atoms with Gasteiger partial charge in [-0.1, -0.05) is 36.4 Å². The molecule has 2 aromatic carbocycles. The second kappa shape index (κ2) is 8.40. The van der Waals surface area contributed by atoms with E-state index in [0.717, 1.165) is 62.8 Å². The van der Waals surface area contributed by atoms with E-state index in [9.17, 15) is 4.79 Å². The zero-order chi connectivity index (χ0) is 20.3. The standard InChI is InChI=1S/C24H27N5O/c30-23-17-28(14-11-25-23)16-18-8-12-29(13-9-18)24-26-10-7-22(27-24)21-6-5-19-3-1-2-4-20(19)15-21/h1-7,10,15,18H,8-9,11-14,16-17H2,(H,25,30). The van der Waals surface area contributed by atoms with Crippen molar-refractivity contribution in [3.63, 3.8) is 0 Å². The SMILES string of the molecule is O=C1CN(CC2CCN(c3nccc(-c4ccc5ccccc5c4)n3)CC2)CCN1. The van der Waals surface area contributed by atoms with Crippen LogP contribution in [0.15, 0.2) is 54.7 Å². The molecule has 0 unspecified atom stereocenters. The Hall–Kier alpha value is -2.99. The third kappa shape index (κ3) is 4.14. The lowest BCUT2D eigenvalue weighted by Crippen LogP contribution is -2.50. The molecule has 2 aliphatic heterocycles. The van der Waals surface area contributed by atoms with Crippen molar-refractivity contribution in [2.75, 3.05) is 44.2 Å². The van der Waals surface area contributed by atoms with Crippen LogP contribution in [0.2, 0.25) is 0 Å². The summed E-state index contributed by atoms with van der Waals surface area (Å²) in [5.74, 6) is 1.60. The number of nitrogens with one attached hydrogen (secondary N) is 1. The normalized spacial score (nSPS) is 18.5. The number of piperidine rings is 1. The fourth-order valence-corrected chi connectivity index (χ4v) is 4.54. The number of piperazine rings is 1. The van der Waals surface area contributed by atoms with E-state index in [1.165, 1.54) is 10.8 Å². The predicted molar refractivity (Wildman–Crippen MR) is 119 cm³/mol. The first-order chi connectivity index (χ1) is 14.7. The molecule has 6 heteroatoms. The molecule has 0 radical (unpaired) electrons. The van der Waals surface area contributed by atoms with Gasteiger partial charge in [0.1, 0.15) is 0 Å². The Labute approximate surface area is 176 Å². The van der Waals surface area contributed by atoms with Gasteiger partial charge in [-0.05, 0) is 41.7 Å². The molecule has 3 aromatic rings. The summed E-state index contributed by atoms with van der Waals surface area (Å²) in [6.07, 6.45) is 4.09. The Morgan fingerprint density at radius 3 is 2.67 bits per heavy atom. The highest BCUT2D eigenvalue weighted by Gasteiger charge is 2.25. The van der Waals surface area contributed by atoms with E-state index < -0.39 is 0 Å². The molecule has 3 heterocycles. The minimum atomic E-state index is 0.151. The van der Waals surface area contributed by atoms with E-state index in [2.05, 4.69) is 62.6 Å². The highest BCUT2D eigenvalue weighted by molar-refractivity contribution is 5.86. The third-order valence-corrected chi connectivity index (χ3v) is 6.22. The summed E-state index contributed by atoms with van der Waals surface area (Å²) in [6, 6.07) is 16.9. The minimum absolute atomic E-state index is 0.151. The molecule has 1 amide bonds. The van der Waals surface area contributed by atoms with E-state index in [4.69, 9.17) is 4.98 Å². The predicted octanol–water partition coefficient (Wildman–Crippen LogP) is 2.95. The van der Waals surface area contributed by atoms with Crippen LogP contribution in [-0.4, -0.2) is 60.0 Å². The first kappa shape index (κ1) is 19.0. The maximum Gasteiger partial charge on any atom is 0.234 e. The number of benzene rings is 2. The Morgan fingerprint density at radius 2 is 1.83 bits per heavy atom. The zero-order valence-electron chi connectivity index (χ0n) is 17.1. The van der Waals surface area contributed by atoms with E-state index in [-0.39, 0.29) is 5.91 Å². The molecule has 154 valence electrons. The summed E-state index contributed by atoms with van der Waals surface area (Å²) in [5.41, 5.74) is 2.09. The molecule has 0 saturated carbocycles. The second-order valence-corrected chi connectivity index (χ2v) is 8.32. The average molecular weight is 402 g/mol. The number of amides is 1. The first-order valence-electron chi connectivity index (χ1n) is 10.8. The lowest BCUT2D eigenvalue weighted by molar-refractivity contribution is -0.124. The maximum absolute atomic E-state index is 11.6. The van der Waals surface area contributed by atoms with Gasteiger partial charge in [-0.25, -0.2) is 9.97 Å². The van der Waals surface area contributed by atoms with Crippen LogP contribution in [0.3, 0.4) is 0 Å². The van der Waals surface area contributed by atoms with Gasteiger partial charge in [0, 0.05) is 44.5 Å². The minimum Gasteiger partial charge on any atom is -0.354 e. The molecule has 2 saturated heterocycles. The van der Waals surface area contributed by atoms with E-state index in [0.29, 0.717) is 12.5 Å². The van der Waals surface area contributed by atoms with Crippen LogP contribution in [0.4, 0.5) is 5.95 Å². The molecule has 0 bridgehead atoms. The number of fused-ring (bicyclic) bond motifs is 1. The number of carbonyl (C=O) groups excluding carboxylic acids is 1. The number of rotatable bonds is 4. The maximum atomic E-state index is 11.6. The number of hydrogen-bond donors (Lipinski definition) is 1. The summed E-state index contributed by atoms with van der Waals surface area (Å²) in [7, 11) is 0. The molecule has 6 nitrogen and oxygen atoms in total. The van der Waals surface area contributed by atoms with Gasteiger partial charge in [0.15, 0.2) is 0 Å². The number of hydrogen-bond acceptors (Lipinski definition) is 5. The number of anilines is 1. The van der Waals surface area contributed by atoms with Crippen LogP contribution in [0.1, 0.15) is 12.8 Å². The molecule has 2 aliphatic rings. The van der Waals surface area contributed by atoms with Crippen LogP contribution in [0, 0.1) is 5.92 Å². The fourth-order valence-electron chi connectivity index (χ4n) is 4.54. The van der Waals surface area contributed by atoms with Crippen molar-refractivity contribution in [1.82, 2.24) is 20.2 Å². The lowest BCUT2D eigenvalue weighted by Gasteiger charge is -2.36. The van der Waals surface area contributed by atoms with Crippen LogP contribution in [0.25, 0.3) is 22.0 Å². The molecule has 1 N–H and O–H groups in total. The highest BCUT2D eigenvalue weighted by Crippen LogP contribution is 2.26. The van der Waals surface area contributed by atoms with E-state index in [1.807, 2.05) is 12.3 Å². The first-order valence-corrected chi connectivity index (χ1v) is 10.8. The number of carbonyl (C=O) groups is 1.